The van der Waals surface area contributed by atoms with Crippen LogP contribution in [0.4, 0.5) is 0 Å². The number of hydrogen-bond acceptors (Lipinski definition) is 5. The smallest absolute Gasteiger partial charge is 0.255 e. The first-order chi connectivity index (χ1) is 16.1. The number of carbonyl (C=O) groups excluding carboxylic acids is 1. The number of nitrogens with zero attached hydrogens (tertiary/aromatic N) is 3. The van der Waals surface area contributed by atoms with Gasteiger partial charge in [0.25, 0.3) is 5.91 Å². The topological polar surface area (TPSA) is 82.6 Å². The van der Waals surface area contributed by atoms with Crippen molar-refractivity contribution < 1.29 is 14.3 Å². The number of unbranched alkanes of at least 4 members (excludes halogenated alkanes) is 2. The average Bonchev–Trinajstić information content (AvgIpc) is 3.25. The molecule has 0 unspecified atom stereocenters. The molecule has 0 atom stereocenters. The second-order valence-electron chi connectivity index (χ2n) is 8.07. The van der Waals surface area contributed by atoms with Crippen LogP contribution in [0, 0.1) is 0 Å². The zero-order chi connectivity index (χ0) is 23.5. The summed E-state index contributed by atoms with van der Waals surface area (Å²) in [5.74, 6) is 0.699. The van der Waals surface area contributed by atoms with Gasteiger partial charge in [0, 0.05) is 19.6 Å². The van der Waals surface area contributed by atoms with E-state index in [4.69, 9.17) is 15.2 Å². The van der Waals surface area contributed by atoms with Crippen molar-refractivity contribution in [1.29, 1.82) is 0 Å². The van der Waals surface area contributed by atoms with Gasteiger partial charge in [0.1, 0.15) is 18.0 Å². The maximum Gasteiger partial charge on any atom is 0.255 e. The summed E-state index contributed by atoms with van der Waals surface area (Å²) in [6.07, 6.45) is 5.64. The average molecular weight is 451 g/mol. The Labute approximate surface area is 196 Å². The molecule has 7 nitrogen and oxygen atoms in total. The number of ether oxygens (including phenoxy) is 2. The maximum absolute atomic E-state index is 12.0. The molecule has 33 heavy (non-hydrogen) atoms. The van der Waals surface area contributed by atoms with Crippen molar-refractivity contribution in [2.75, 3.05) is 20.4 Å². The zero-order valence-corrected chi connectivity index (χ0v) is 19.6. The Balaban J connectivity index is 1.69. The molecule has 0 spiro atoms. The number of methoxy groups -OCH3 is 1. The van der Waals surface area contributed by atoms with Gasteiger partial charge >= 0.3 is 0 Å². The van der Waals surface area contributed by atoms with E-state index in [-0.39, 0.29) is 0 Å². The van der Waals surface area contributed by atoms with E-state index in [9.17, 15) is 4.79 Å². The lowest BCUT2D eigenvalue weighted by atomic mass is 10.1. The number of primary amides is 1. The summed E-state index contributed by atoms with van der Waals surface area (Å²) in [6, 6.07) is 18.2. The van der Waals surface area contributed by atoms with Gasteiger partial charge in [0.05, 0.1) is 13.3 Å². The van der Waals surface area contributed by atoms with Crippen LogP contribution in [0.2, 0.25) is 0 Å². The van der Waals surface area contributed by atoms with Crippen LogP contribution in [0.25, 0.3) is 0 Å². The third-order valence-electron chi connectivity index (χ3n) is 5.54. The van der Waals surface area contributed by atoms with Crippen molar-refractivity contribution in [3.63, 3.8) is 0 Å². The second kappa shape index (κ2) is 12.6. The van der Waals surface area contributed by atoms with Gasteiger partial charge in [-0.2, -0.15) is 5.10 Å². The molecular formula is C26H34N4O3. The SMILES string of the molecule is CCCCCN(COc1c(C(N)=O)cnn1CCc1ccc(OC)cc1)Cc1ccccc1. The number of aromatic nitrogens is 2. The molecule has 2 aromatic carbocycles. The van der Waals surface area contributed by atoms with Gasteiger partial charge < -0.3 is 15.2 Å². The van der Waals surface area contributed by atoms with Gasteiger partial charge in [0.15, 0.2) is 0 Å². The van der Waals surface area contributed by atoms with E-state index in [1.165, 1.54) is 11.8 Å². The lowest BCUT2D eigenvalue weighted by molar-refractivity contribution is 0.0956. The summed E-state index contributed by atoms with van der Waals surface area (Å²) in [5, 5.41) is 4.37. The fourth-order valence-electron chi connectivity index (χ4n) is 3.65. The van der Waals surface area contributed by atoms with E-state index in [2.05, 4.69) is 29.1 Å². The van der Waals surface area contributed by atoms with Gasteiger partial charge in [0.2, 0.25) is 5.88 Å². The van der Waals surface area contributed by atoms with Crippen molar-refractivity contribution in [3.05, 3.63) is 77.5 Å². The summed E-state index contributed by atoms with van der Waals surface area (Å²) in [5.41, 5.74) is 8.26. The number of hydrogen-bond donors (Lipinski definition) is 1. The Bertz CT molecular complexity index is 987. The first-order valence-corrected chi connectivity index (χ1v) is 11.5. The molecule has 0 saturated carbocycles. The van der Waals surface area contributed by atoms with Gasteiger partial charge in [-0.25, -0.2) is 4.68 Å². The predicted molar refractivity (Wildman–Crippen MR) is 129 cm³/mol. The van der Waals surface area contributed by atoms with E-state index in [0.717, 1.165) is 50.1 Å². The molecule has 0 aliphatic heterocycles. The monoisotopic (exact) mass is 450 g/mol. The number of nitrogens with two attached hydrogens (primary N) is 1. The van der Waals surface area contributed by atoms with Crippen LogP contribution in [0.5, 0.6) is 11.6 Å². The maximum atomic E-state index is 12.0. The van der Waals surface area contributed by atoms with Crippen molar-refractivity contribution in [2.24, 2.45) is 5.73 Å². The predicted octanol–water partition coefficient (Wildman–Crippen LogP) is 4.26. The van der Waals surface area contributed by atoms with E-state index in [0.29, 0.717) is 24.7 Å². The molecule has 0 saturated heterocycles. The van der Waals surface area contributed by atoms with Crippen LogP contribution in [-0.2, 0) is 19.5 Å². The third-order valence-corrected chi connectivity index (χ3v) is 5.54. The number of benzene rings is 2. The first kappa shape index (κ1) is 24.3. The fraction of sp³-hybridized carbons (Fsp3) is 0.385. The van der Waals surface area contributed by atoms with Crippen LogP contribution in [0.1, 0.15) is 47.7 Å². The van der Waals surface area contributed by atoms with Gasteiger partial charge in [-0.15, -0.1) is 0 Å². The second-order valence-corrected chi connectivity index (χ2v) is 8.07. The molecule has 0 radical (unpaired) electrons. The molecule has 0 bridgehead atoms. The molecule has 3 aromatic rings. The number of rotatable bonds is 14. The highest BCUT2D eigenvalue weighted by molar-refractivity contribution is 5.94. The van der Waals surface area contributed by atoms with Crippen molar-refractivity contribution >= 4 is 5.91 Å². The van der Waals surface area contributed by atoms with Gasteiger partial charge in [-0.05, 0) is 36.1 Å². The third kappa shape index (κ3) is 7.36. The molecule has 1 amide bonds. The number of aryl methyl sites for hydroxylation is 2. The zero-order valence-electron chi connectivity index (χ0n) is 19.6. The van der Waals surface area contributed by atoms with Crippen molar-refractivity contribution in [1.82, 2.24) is 14.7 Å². The highest BCUT2D eigenvalue weighted by atomic mass is 16.5. The summed E-state index contributed by atoms with van der Waals surface area (Å²) in [7, 11) is 1.65. The Kier molecular flexibility index (Phi) is 9.32. The Morgan fingerprint density at radius 1 is 1.06 bits per heavy atom. The van der Waals surface area contributed by atoms with Crippen LogP contribution >= 0.6 is 0 Å². The molecule has 0 fully saturated rings. The Morgan fingerprint density at radius 3 is 2.48 bits per heavy atom. The van der Waals surface area contributed by atoms with Crippen LogP contribution in [-0.4, -0.2) is 41.0 Å². The molecule has 1 aromatic heterocycles. The Hall–Kier alpha value is -3.32. The summed E-state index contributed by atoms with van der Waals surface area (Å²) in [6.45, 7) is 4.81. The normalized spacial score (nSPS) is 11.0. The highest BCUT2D eigenvalue weighted by Gasteiger charge is 2.18. The van der Waals surface area contributed by atoms with Gasteiger partial charge in [-0.1, -0.05) is 62.2 Å². The quantitative estimate of drug-likeness (QED) is 0.293. The molecule has 3 rings (SSSR count). The van der Waals surface area contributed by atoms with Crippen molar-refractivity contribution in [2.45, 2.75) is 45.7 Å². The lowest BCUT2D eigenvalue weighted by Gasteiger charge is -2.23. The number of carbonyl (C=O) groups is 1. The number of amides is 1. The standard InChI is InChI=1S/C26H34N4O3/c1-3-4-8-16-29(19-22-9-6-5-7-10-22)20-33-26-24(25(27)31)18-28-30(26)17-15-21-11-13-23(32-2)14-12-21/h5-7,9-14,18H,3-4,8,15-17,19-20H2,1-2H3,(H2,27,31). The van der Waals surface area contributed by atoms with E-state index in [1.54, 1.807) is 11.8 Å². The van der Waals surface area contributed by atoms with Crippen LogP contribution < -0.4 is 15.2 Å². The van der Waals surface area contributed by atoms with Gasteiger partial charge in [-0.3, -0.25) is 9.69 Å². The molecule has 1 heterocycles. The van der Waals surface area contributed by atoms with E-state index in [1.807, 2.05) is 42.5 Å². The summed E-state index contributed by atoms with van der Waals surface area (Å²) < 4.78 is 13.1. The van der Waals surface area contributed by atoms with E-state index < -0.39 is 5.91 Å². The minimum Gasteiger partial charge on any atom is -0.497 e. The molecule has 0 aliphatic carbocycles. The van der Waals surface area contributed by atoms with Crippen LogP contribution in [0.15, 0.2) is 60.8 Å². The summed E-state index contributed by atoms with van der Waals surface area (Å²) in [4.78, 5) is 14.2. The van der Waals surface area contributed by atoms with E-state index >= 15 is 0 Å². The molecule has 0 aliphatic rings. The molecule has 176 valence electrons. The van der Waals surface area contributed by atoms with Crippen molar-refractivity contribution in [3.8, 4) is 11.6 Å². The fourth-order valence-corrected chi connectivity index (χ4v) is 3.65. The first-order valence-electron chi connectivity index (χ1n) is 11.5. The lowest BCUT2D eigenvalue weighted by Crippen LogP contribution is -2.30. The summed E-state index contributed by atoms with van der Waals surface area (Å²) >= 11 is 0. The molecule has 2 N–H and O–H groups in total. The minimum atomic E-state index is -0.540. The molecular weight excluding hydrogens is 416 g/mol. The minimum absolute atomic E-state index is 0.304. The molecule has 7 heteroatoms. The Morgan fingerprint density at radius 2 is 1.82 bits per heavy atom. The largest absolute Gasteiger partial charge is 0.497 e. The van der Waals surface area contributed by atoms with Crippen LogP contribution in [0.3, 0.4) is 0 Å². The highest BCUT2D eigenvalue weighted by Crippen LogP contribution is 2.20.